The fraction of sp³-hybridized carbons (Fsp3) is 0.0769. The molecule has 0 N–H and O–H groups in total. The first kappa shape index (κ1) is 45.2. The first-order valence-electron chi connectivity index (χ1n) is 29.8. The Kier molecular flexibility index (Phi) is 8.77. The van der Waals surface area contributed by atoms with E-state index >= 15 is 0 Å². The Hall–Kier alpha value is -9.30. The lowest BCUT2D eigenvalue weighted by molar-refractivity contribution is 0.446. The summed E-state index contributed by atoms with van der Waals surface area (Å²) < 4.78 is 16.0. The molecule has 20 aromatic rings. The summed E-state index contributed by atoms with van der Waals surface area (Å²) in [5, 5.41) is 21.0. The van der Waals surface area contributed by atoms with Crippen molar-refractivity contribution in [3.8, 4) is 27.9 Å². The third kappa shape index (κ3) is 5.63. The van der Waals surface area contributed by atoms with Gasteiger partial charge >= 0.3 is 0 Å². The van der Waals surface area contributed by atoms with Gasteiger partial charge in [0.15, 0.2) is 0 Å². The molecule has 21 rings (SSSR count). The summed E-state index contributed by atoms with van der Waals surface area (Å²) in [6.45, 7) is 0. The normalized spacial score (nSPS) is 14.1. The molecule has 6 heteroatoms. The first-order valence-corrected chi connectivity index (χ1v) is 32.2. The van der Waals surface area contributed by atoms with Crippen LogP contribution in [0.4, 0.5) is 0 Å². The van der Waals surface area contributed by atoms with Gasteiger partial charge in [0.25, 0.3) is 0 Å². The van der Waals surface area contributed by atoms with Crippen molar-refractivity contribution in [2.45, 2.75) is 38.0 Å². The molecular weight excluding hydrogens is 1080 g/mol. The Morgan fingerprint density at radius 1 is 0.286 bits per heavy atom. The standard InChI is InChI=1S/C78H47N3S3/c1-2-17-42(18-3-1)44-23-12-32-55-58-39-43(37-38-67(58)82-76(44)55)79-63-41-60(54-31-16-29-52-50-27-14-25-48-46-20-5-9-34-62(46)81(73(48)50)75(52)54)77-69(57-22-7-11-36-66(57)83-77)70(63)71-64(79)40-59(68-56-21-6-10-35-65(56)84-78(68)71)53-30-15-28-51-49-26-13-24-47-45-19-4-8-33-61(45)80(72(47)49)74(51)53/h4-16,19-42H,1-3,17-18H2. The lowest BCUT2D eigenvalue weighted by Crippen LogP contribution is -2.04. The third-order valence-corrected chi connectivity index (χ3v) is 23.5. The first-order chi connectivity index (χ1) is 41.7. The maximum Gasteiger partial charge on any atom is 0.0620 e. The Bertz CT molecular complexity index is 6280. The molecular formula is C78H47N3S3. The molecule has 1 saturated carbocycles. The molecule has 0 spiro atoms. The number of nitrogens with zero attached hydrogens (tertiary/aromatic N) is 3. The van der Waals surface area contributed by atoms with Crippen molar-refractivity contribution in [1.29, 1.82) is 0 Å². The molecule has 8 aromatic heterocycles. The summed E-state index contributed by atoms with van der Waals surface area (Å²) in [6, 6.07) is 84.3. The van der Waals surface area contributed by atoms with Crippen LogP contribution in [-0.2, 0) is 0 Å². The zero-order chi connectivity index (χ0) is 54.2. The lowest BCUT2D eigenvalue weighted by atomic mass is 9.84. The molecule has 0 amide bonds. The number of rotatable bonds is 4. The number of thiophene rings is 3. The predicted molar refractivity (Wildman–Crippen MR) is 365 cm³/mol. The van der Waals surface area contributed by atoms with Crippen molar-refractivity contribution in [3.63, 3.8) is 0 Å². The van der Waals surface area contributed by atoms with Gasteiger partial charge in [0.05, 0.1) is 44.1 Å². The largest absolute Gasteiger partial charge is 0.309 e. The average Bonchev–Trinajstić information content (AvgIpc) is 2.12. The van der Waals surface area contributed by atoms with Gasteiger partial charge in [-0.25, -0.2) is 0 Å². The fourth-order valence-electron chi connectivity index (χ4n) is 16.5. The number of hydrogen-bond acceptors (Lipinski definition) is 3. The van der Waals surface area contributed by atoms with Crippen LogP contribution in [-0.4, -0.2) is 13.4 Å². The molecule has 0 saturated heterocycles. The minimum absolute atomic E-state index is 0.622. The quantitative estimate of drug-likeness (QED) is 0.167. The van der Waals surface area contributed by atoms with E-state index in [2.05, 4.69) is 232 Å². The zero-order valence-electron chi connectivity index (χ0n) is 45.5. The molecule has 0 aliphatic heterocycles. The second kappa shape index (κ2) is 16.3. The minimum atomic E-state index is 0.622. The van der Waals surface area contributed by atoms with E-state index in [0.717, 1.165) is 0 Å². The zero-order valence-corrected chi connectivity index (χ0v) is 47.9. The van der Waals surface area contributed by atoms with E-state index in [-0.39, 0.29) is 0 Å². The summed E-state index contributed by atoms with van der Waals surface area (Å²) in [4.78, 5) is 0. The van der Waals surface area contributed by atoms with Gasteiger partial charge in [0, 0.05) is 137 Å². The summed E-state index contributed by atoms with van der Waals surface area (Å²) >= 11 is 5.93. The summed E-state index contributed by atoms with van der Waals surface area (Å²) in [5.41, 5.74) is 17.9. The molecule has 0 atom stereocenters. The number of benzene rings is 12. The van der Waals surface area contributed by atoms with Crippen LogP contribution in [0.2, 0.25) is 0 Å². The van der Waals surface area contributed by atoms with Gasteiger partial charge in [0.1, 0.15) is 0 Å². The molecule has 3 nitrogen and oxygen atoms in total. The van der Waals surface area contributed by atoms with E-state index in [1.165, 1.54) is 219 Å². The van der Waals surface area contributed by atoms with Crippen LogP contribution in [0.5, 0.6) is 0 Å². The Morgan fingerprint density at radius 2 is 0.762 bits per heavy atom. The molecule has 0 radical (unpaired) electrons. The number of para-hydroxylation sites is 6. The van der Waals surface area contributed by atoms with Crippen molar-refractivity contribution in [2.75, 3.05) is 0 Å². The highest BCUT2D eigenvalue weighted by atomic mass is 32.1. The highest BCUT2D eigenvalue weighted by molar-refractivity contribution is 7.28. The second-order valence-corrected chi connectivity index (χ2v) is 27.1. The fourth-order valence-corrected chi connectivity index (χ4v) is 20.3. The van der Waals surface area contributed by atoms with Gasteiger partial charge in [-0.15, -0.1) is 34.0 Å². The van der Waals surface area contributed by atoms with Crippen molar-refractivity contribution >= 4 is 193 Å². The van der Waals surface area contributed by atoms with Gasteiger partial charge in [-0.05, 0) is 84.5 Å². The Balaban J connectivity index is 0.967. The molecule has 1 aliphatic carbocycles. The van der Waals surface area contributed by atoms with Crippen molar-refractivity contribution in [3.05, 3.63) is 224 Å². The predicted octanol–water partition coefficient (Wildman–Crippen LogP) is 23.6. The summed E-state index contributed by atoms with van der Waals surface area (Å²) in [5.74, 6) is 0.622. The summed E-state index contributed by atoms with van der Waals surface area (Å²) in [7, 11) is 0. The van der Waals surface area contributed by atoms with E-state index in [1.807, 2.05) is 34.0 Å². The smallest absolute Gasteiger partial charge is 0.0620 e. The Labute approximate surface area is 492 Å². The van der Waals surface area contributed by atoms with Crippen LogP contribution in [0, 0.1) is 0 Å². The SMILES string of the molecule is c1ccc2c(c1)sc1c2c(-c2cccc3c4cccc5c6ccccc6n(c23)c54)cc2c1c1c3c(sc4ccccc43)c(-c3cccc4c5cccc6c7ccccc7n(c34)c65)cc1n2-c1ccc2sc3c(C4CCCCC4)cccc3c2c1. The third-order valence-electron chi connectivity index (χ3n) is 19.9. The topological polar surface area (TPSA) is 13.8 Å². The molecule has 0 unspecified atom stereocenters. The van der Waals surface area contributed by atoms with Crippen molar-refractivity contribution < 1.29 is 0 Å². The number of aromatic nitrogens is 3. The van der Waals surface area contributed by atoms with Gasteiger partial charge in [0.2, 0.25) is 0 Å². The van der Waals surface area contributed by atoms with Gasteiger partial charge in [-0.3, -0.25) is 0 Å². The maximum absolute atomic E-state index is 2.70. The molecule has 8 heterocycles. The number of hydrogen-bond donors (Lipinski definition) is 0. The summed E-state index contributed by atoms with van der Waals surface area (Å²) in [6.07, 6.45) is 6.57. The van der Waals surface area contributed by atoms with E-state index < -0.39 is 0 Å². The minimum Gasteiger partial charge on any atom is -0.309 e. The monoisotopic (exact) mass is 1120 g/mol. The molecule has 84 heavy (non-hydrogen) atoms. The van der Waals surface area contributed by atoms with Gasteiger partial charge < -0.3 is 13.4 Å². The Morgan fingerprint density at radius 3 is 1.43 bits per heavy atom. The van der Waals surface area contributed by atoms with E-state index in [0.29, 0.717) is 5.92 Å². The molecule has 12 aromatic carbocycles. The van der Waals surface area contributed by atoms with Gasteiger partial charge in [-0.1, -0.05) is 183 Å². The van der Waals surface area contributed by atoms with Crippen LogP contribution in [0.1, 0.15) is 43.6 Å². The number of fused-ring (bicyclic) bond motifs is 26. The van der Waals surface area contributed by atoms with Crippen LogP contribution < -0.4 is 0 Å². The van der Waals surface area contributed by atoms with Crippen molar-refractivity contribution in [2.24, 2.45) is 0 Å². The van der Waals surface area contributed by atoms with Crippen molar-refractivity contribution in [1.82, 2.24) is 13.4 Å². The van der Waals surface area contributed by atoms with E-state index in [1.54, 1.807) is 5.56 Å². The van der Waals surface area contributed by atoms with Crippen LogP contribution in [0.3, 0.4) is 0 Å². The van der Waals surface area contributed by atoms with Crippen LogP contribution in [0.15, 0.2) is 218 Å². The van der Waals surface area contributed by atoms with E-state index in [9.17, 15) is 0 Å². The lowest BCUT2D eigenvalue weighted by Gasteiger charge is -2.22. The van der Waals surface area contributed by atoms with Crippen LogP contribution >= 0.6 is 34.0 Å². The highest BCUT2D eigenvalue weighted by Gasteiger charge is 2.30. The average molecular weight is 1120 g/mol. The molecule has 392 valence electrons. The maximum atomic E-state index is 2.70. The molecule has 1 fully saturated rings. The van der Waals surface area contributed by atoms with Crippen LogP contribution in [0.25, 0.3) is 186 Å². The highest BCUT2D eigenvalue weighted by Crippen LogP contribution is 2.56. The second-order valence-electron chi connectivity index (χ2n) is 23.9. The van der Waals surface area contributed by atoms with E-state index in [4.69, 9.17) is 0 Å². The molecule has 1 aliphatic rings. The molecule has 0 bridgehead atoms. The van der Waals surface area contributed by atoms with Gasteiger partial charge in [-0.2, -0.15) is 0 Å².